The van der Waals surface area contributed by atoms with Crippen LogP contribution in [0.15, 0.2) is 12.1 Å². The van der Waals surface area contributed by atoms with Crippen molar-refractivity contribution < 1.29 is 14.7 Å². The molecule has 0 aliphatic rings. The quantitative estimate of drug-likeness (QED) is 0.722. The fourth-order valence-electron chi connectivity index (χ4n) is 1.27. The molecule has 76 valence electrons. The van der Waals surface area contributed by atoms with Gasteiger partial charge in [-0.15, -0.1) is 0 Å². The standard InChI is InChI=1S/C10H8N2O3/c1-6-2-7(4-11)3-8(10(14)15)9(6)12-5-13/h2-3,5H,1H3,(H,12,13)(H,14,15). The molecule has 0 bridgehead atoms. The Morgan fingerprint density at radius 1 is 1.60 bits per heavy atom. The maximum atomic E-state index is 10.9. The van der Waals surface area contributed by atoms with Gasteiger partial charge < -0.3 is 10.4 Å². The van der Waals surface area contributed by atoms with Gasteiger partial charge in [-0.1, -0.05) is 0 Å². The van der Waals surface area contributed by atoms with E-state index >= 15 is 0 Å². The van der Waals surface area contributed by atoms with Crippen molar-refractivity contribution in [2.45, 2.75) is 6.92 Å². The van der Waals surface area contributed by atoms with Crippen LogP contribution in [0.25, 0.3) is 0 Å². The first-order valence-electron chi connectivity index (χ1n) is 4.08. The summed E-state index contributed by atoms with van der Waals surface area (Å²) in [5.41, 5.74) is 0.926. The van der Waals surface area contributed by atoms with E-state index in [1.54, 1.807) is 6.92 Å². The number of nitriles is 1. The Hall–Kier alpha value is -2.35. The lowest BCUT2D eigenvalue weighted by Gasteiger charge is -2.08. The molecule has 5 heteroatoms. The highest BCUT2D eigenvalue weighted by Crippen LogP contribution is 2.22. The first kappa shape index (κ1) is 10.7. The Kier molecular flexibility index (Phi) is 3.03. The number of aromatic carboxylic acids is 1. The van der Waals surface area contributed by atoms with Gasteiger partial charge in [0.15, 0.2) is 0 Å². The van der Waals surface area contributed by atoms with Gasteiger partial charge in [0, 0.05) is 0 Å². The van der Waals surface area contributed by atoms with E-state index in [0.29, 0.717) is 12.0 Å². The van der Waals surface area contributed by atoms with Gasteiger partial charge in [-0.2, -0.15) is 5.26 Å². The molecule has 1 aromatic carbocycles. The summed E-state index contributed by atoms with van der Waals surface area (Å²) in [6.45, 7) is 1.62. The summed E-state index contributed by atoms with van der Waals surface area (Å²) in [6, 6.07) is 4.59. The third-order valence-corrected chi connectivity index (χ3v) is 1.90. The van der Waals surface area contributed by atoms with E-state index in [2.05, 4.69) is 5.32 Å². The fraction of sp³-hybridized carbons (Fsp3) is 0.100. The van der Waals surface area contributed by atoms with E-state index in [0.717, 1.165) is 0 Å². The number of benzene rings is 1. The van der Waals surface area contributed by atoms with Crippen LogP contribution in [0.1, 0.15) is 21.5 Å². The van der Waals surface area contributed by atoms with Crippen LogP contribution in [0.3, 0.4) is 0 Å². The van der Waals surface area contributed by atoms with Crippen molar-refractivity contribution in [2.75, 3.05) is 5.32 Å². The Morgan fingerprint density at radius 3 is 2.73 bits per heavy atom. The van der Waals surface area contributed by atoms with Crippen LogP contribution < -0.4 is 5.32 Å². The molecule has 0 aliphatic carbocycles. The highest BCUT2D eigenvalue weighted by Gasteiger charge is 2.13. The molecule has 0 heterocycles. The van der Waals surface area contributed by atoms with Crippen molar-refractivity contribution in [3.8, 4) is 6.07 Å². The van der Waals surface area contributed by atoms with Crippen LogP contribution in [0, 0.1) is 18.3 Å². The average Bonchev–Trinajstić information content (AvgIpc) is 2.20. The Balaban J connectivity index is 3.43. The second kappa shape index (κ2) is 4.24. The maximum Gasteiger partial charge on any atom is 0.337 e. The van der Waals surface area contributed by atoms with E-state index in [-0.39, 0.29) is 16.8 Å². The van der Waals surface area contributed by atoms with Crippen molar-refractivity contribution in [1.29, 1.82) is 5.26 Å². The number of carboxylic acids is 1. The zero-order valence-electron chi connectivity index (χ0n) is 7.94. The molecule has 2 N–H and O–H groups in total. The summed E-state index contributed by atoms with van der Waals surface area (Å²) in [5, 5.41) is 19.8. The third kappa shape index (κ3) is 2.11. The zero-order chi connectivity index (χ0) is 11.4. The molecule has 0 saturated heterocycles. The summed E-state index contributed by atoms with van der Waals surface area (Å²) in [4.78, 5) is 21.1. The molecule has 0 atom stereocenters. The summed E-state index contributed by atoms with van der Waals surface area (Å²) in [7, 11) is 0. The molecular formula is C10H8N2O3. The van der Waals surface area contributed by atoms with Gasteiger partial charge >= 0.3 is 5.97 Å². The van der Waals surface area contributed by atoms with Crippen molar-refractivity contribution in [2.24, 2.45) is 0 Å². The van der Waals surface area contributed by atoms with Crippen molar-refractivity contribution in [1.82, 2.24) is 0 Å². The molecular weight excluding hydrogens is 196 g/mol. The molecule has 15 heavy (non-hydrogen) atoms. The normalized spacial score (nSPS) is 9.07. The molecule has 0 aliphatic heterocycles. The minimum atomic E-state index is -1.18. The van der Waals surface area contributed by atoms with Crippen LogP contribution in [-0.2, 0) is 4.79 Å². The van der Waals surface area contributed by atoms with Crippen molar-refractivity contribution >= 4 is 18.1 Å². The maximum absolute atomic E-state index is 10.9. The molecule has 1 aromatic rings. The molecule has 0 radical (unpaired) electrons. The minimum absolute atomic E-state index is 0.0846. The van der Waals surface area contributed by atoms with Gasteiger partial charge in [-0.05, 0) is 24.6 Å². The molecule has 5 nitrogen and oxygen atoms in total. The molecule has 0 unspecified atom stereocenters. The number of nitrogens with one attached hydrogen (secondary N) is 1. The van der Waals surface area contributed by atoms with Crippen LogP contribution in [0.5, 0.6) is 0 Å². The van der Waals surface area contributed by atoms with Gasteiger partial charge in [-0.25, -0.2) is 4.79 Å². The Bertz CT molecular complexity index is 460. The van der Waals surface area contributed by atoms with E-state index < -0.39 is 5.97 Å². The van der Waals surface area contributed by atoms with E-state index in [1.165, 1.54) is 12.1 Å². The topological polar surface area (TPSA) is 90.2 Å². The highest BCUT2D eigenvalue weighted by molar-refractivity contribution is 5.98. The van der Waals surface area contributed by atoms with Crippen LogP contribution in [0.2, 0.25) is 0 Å². The van der Waals surface area contributed by atoms with Crippen LogP contribution >= 0.6 is 0 Å². The number of amides is 1. The number of aryl methyl sites for hydroxylation is 1. The molecule has 0 saturated carbocycles. The predicted molar refractivity (Wildman–Crippen MR) is 52.5 cm³/mol. The summed E-state index contributed by atoms with van der Waals surface area (Å²) in [5.74, 6) is -1.18. The SMILES string of the molecule is Cc1cc(C#N)cc(C(=O)O)c1NC=O. The van der Waals surface area contributed by atoms with Gasteiger partial charge in [0.2, 0.25) is 6.41 Å². The summed E-state index contributed by atoms with van der Waals surface area (Å²) >= 11 is 0. The van der Waals surface area contributed by atoms with Crippen LogP contribution in [0.4, 0.5) is 5.69 Å². The summed E-state index contributed by atoms with van der Waals surface area (Å²) in [6.07, 6.45) is 0.404. The smallest absolute Gasteiger partial charge is 0.337 e. The van der Waals surface area contributed by atoms with E-state index in [9.17, 15) is 9.59 Å². The first-order chi connectivity index (χ1) is 7.10. The van der Waals surface area contributed by atoms with Gasteiger partial charge in [0.25, 0.3) is 0 Å². The van der Waals surface area contributed by atoms with E-state index in [4.69, 9.17) is 10.4 Å². The Morgan fingerprint density at radius 2 is 2.27 bits per heavy atom. The van der Waals surface area contributed by atoms with Crippen molar-refractivity contribution in [3.63, 3.8) is 0 Å². The first-order valence-corrected chi connectivity index (χ1v) is 4.08. The average molecular weight is 204 g/mol. The number of nitrogens with zero attached hydrogens (tertiary/aromatic N) is 1. The number of rotatable bonds is 3. The second-order valence-corrected chi connectivity index (χ2v) is 2.89. The van der Waals surface area contributed by atoms with Crippen LogP contribution in [-0.4, -0.2) is 17.5 Å². The Labute approximate surface area is 86.0 Å². The lowest BCUT2D eigenvalue weighted by atomic mass is 10.0. The van der Waals surface area contributed by atoms with Gasteiger partial charge in [-0.3, -0.25) is 4.79 Å². The van der Waals surface area contributed by atoms with Crippen molar-refractivity contribution in [3.05, 3.63) is 28.8 Å². The van der Waals surface area contributed by atoms with Gasteiger partial charge in [0.1, 0.15) is 0 Å². The lowest BCUT2D eigenvalue weighted by molar-refractivity contribution is -0.105. The predicted octanol–water partition coefficient (Wildman–Crippen LogP) is 1.13. The zero-order valence-corrected chi connectivity index (χ0v) is 7.94. The largest absolute Gasteiger partial charge is 0.478 e. The number of hydrogen-bond donors (Lipinski definition) is 2. The molecule has 1 amide bonds. The van der Waals surface area contributed by atoms with E-state index in [1.807, 2.05) is 6.07 Å². The third-order valence-electron chi connectivity index (χ3n) is 1.90. The number of hydrogen-bond acceptors (Lipinski definition) is 3. The molecule has 0 aromatic heterocycles. The molecule has 0 fully saturated rings. The molecule has 1 rings (SSSR count). The number of carboxylic acid groups (broad SMARTS) is 1. The number of anilines is 1. The summed E-state index contributed by atoms with van der Waals surface area (Å²) < 4.78 is 0. The van der Waals surface area contributed by atoms with Gasteiger partial charge in [0.05, 0.1) is 22.9 Å². The minimum Gasteiger partial charge on any atom is -0.478 e. The highest BCUT2D eigenvalue weighted by atomic mass is 16.4. The lowest BCUT2D eigenvalue weighted by Crippen LogP contribution is -2.07. The molecule has 0 spiro atoms. The monoisotopic (exact) mass is 204 g/mol. The second-order valence-electron chi connectivity index (χ2n) is 2.89. The number of carbonyl (C=O) groups is 2. The fourth-order valence-corrected chi connectivity index (χ4v) is 1.27. The number of carbonyl (C=O) groups excluding carboxylic acids is 1.